The third kappa shape index (κ3) is 1.85. The Kier molecular flexibility index (Phi) is 3.09. The van der Waals surface area contributed by atoms with Crippen molar-refractivity contribution in [2.75, 3.05) is 19.9 Å². The van der Waals surface area contributed by atoms with Gasteiger partial charge in [-0.1, -0.05) is 12.1 Å². The van der Waals surface area contributed by atoms with Crippen molar-refractivity contribution < 1.29 is 9.63 Å². The molecule has 1 amide bonds. The molecule has 0 radical (unpaired) electrons. The number of hydroxylamine groups is 2. The minimum Gasteiger partial charge on any atom is -0.398 e. The van der Waals surface area contributed by atoms with E-state index in [0.717, 1.165) is 10.6 Å². The number of benzene rings is 1. The number of aryl methyl sites for hydroxylation is 1. The molecule has 0 heterocycles. The zero-order valence-electron chi connectivity index (χ0n) is 8.57. The molecule has 1 rings (SSSR count). The van der Waals surface area contributed by atoms with Crippen molar-refractivity contribution in [2.45, 2.75) is 6.92 Å². The third-order valence-corrected chi connectivity index (χ3v) is 2.08. The first kappa shape index (κ1) is 10.5. The highest BCUT2D eigenvalue weighted by Crippen LogP contribution is 2.17. The first-order valence-corrected chi connectivity index (χ1v) is 4.25. The second-order valence-electron chi connectivity index (χ2n) is 3.02. The molecule has 1 aromatic rings. The van der Waals surface area contributed by atoms with Gasteiger partial charge < -0.3 is 5.73 Å². The van der Waals surface area contributed by atoms with Crippen LogP contribution >= 0.6 is 0 Å². The van der Waals surface area contributed by atoms with Crippen LogP contribution in [-0.2, 0) is 4.84 Å². The predicted octanol–water partition coefficient (Wildman–Crippen LogP) is 1.21. The smallest absolute Gasteiger partial charge is 0.279 e. The molecule has 0 fully saturated rings. The zero-order valence-corrected chi connectivity index (χ0v) is 8.57. The molecule has 2 N–H and O–H groups in total. The van der Waals surface area contributed by atoms with Gasteiger partial charge >= 0.3 is 0 Å². The van der Waals surface area contributed by atoms with E-state index in [0.29, 0.717) is 11.3 Å². The minimum atomic E-state index is -0.233. The van der Waals surface area contributed by atoms with E-state index >= 15 is 0 Å². The number of nitrogens with two attached hydrogens (primary N) is 1. The van der Waals surface area contributed by atoms with E-state index in [1.54, 1.807) is 13.1 Å². The lowest BCUT2D eigenvalue weighted by atomic mass is 10.1. The highest BCUT2D eigenvalue weighted by atomic mass is 16.7. The Balaban J connectivity index is 3.12. The molecule has 0 spiro atoms. The molecule has 4 heteroatoms. The first-order chi connectivity index (χ1) is 6.57. The van der Waals surface area contributed by atoms with Crippen LogP contribution in [-0.4, -0.2) is 25.1 Å². The summed E-state index contributed by atoms with van der Waals surface area (Å²) >= 11 is 0. The second kappa shape index (κ2) is 4.11. The molecule has 0 aliphatic carbocycles. The van der Waals surface area contributed by atoms with Gasteiger partial charge in [0.2, 0.25) is 0 Å². The summed E-state index contributed by atoms with van der Waals surface area (Å²) in [5, 5.41) is 1.15. The van der Waals surface area contributed by atoms with Crippen LogP contribution in [0.1, 0.15) is 15.9 Å². The number of amides is 1. The Bertz CT molecular complexity index is 330. The van der Waals surface area contributed by atoms with E-state index in [1.807, 2.05) is 19.1 Å². The fourth-order valence-corrected chi connectivity index (χ4v) is 1.22. The Morgan fingerprint density at radius 3 is 2.64 bits per heavy atom. The van der Waals surface area contributed by atoms with Crippen molar-refractivity contribution in [2.24, 2.45) is 0 Å². The Morgan fingerprint density at radius 1 is 1.50 bits per heavy atom. The number of nitrogen functional groups attached to an aromatic ring is 1. The standard InChI is InChI=1S/C10H14N2O2/c1-7-5-4-6-8(11)9(7)10(13)12(2)14-3/h4-6H,11H2,1-3H3. The van der Waals surface area contributed by atoms with E-state index < -0.39 is 0 Å². The predicted molar refractivity (Wildman–Crippen MR) is 54.7 cm³/mol. The van der Waals surface area contributed by atoms with Gasteiger partial charge in [0.05, 0.1) is 12.7 Å². The lowest BCUT2D eigenvalue weighted by Crippen LogP contribution is -2.26. The average molecular weight is 194 g/mol. The molecule has 4 nitrogen and oxygen atoms in total. The van der Waals surface area contributed by atoms with Crippen LogP contribution in [0, 0.1) is 6.92 Å². The van der Waals surface area contributed by atoms with E-state index in [2.05, 4.69) is 0 Å². The number of anilines is 1. The molecular weight excluding hydrogens is 180 g/mol. The summed E-state index contributed by atoms with van der Waals surface area (Å²) in [6.07, 6.45) is 0. The van der Waals surface area contributed by atoms with Gasteiger partial charge in [0.15, 0.2) is 0 Å². The summed E-state index contributed by atoms with van der Waals surface area (Å²) in [6.45, 7) is 1.84. The van der Waals surface area contributed by atoms with Gasteiger partial charge in [-0.25, -0.2) is 5.06 Å². The maximum absolute atomic E-state index is 11.7. The average Bonchev–Trinajstić information content (AvgIpc) is 2.16. The maximum atomic E-state index is 11.7. The van der Waals surface area contributed by atoms with Crippen molar-refractivity contribution in [3.05, 3.63) is 29.3 Å². The van der Waals surface area contributed by atoms with E-state index in [-0.39, 0.29) is 5.91 Å². The van der Waals surface area contributed by atoms with E-state index in [4.69, 9.17) is 10.6 Å². The van der Waals surface area contributed by atoms with Gasteiger partial charge in [0.1, 0.15) is 0 Å². The molecule has 76 valence electrons. The van der Waals surface area contributed by atoms with Crippen molar-refractivity contribution in [3.8, 4) is 0 Å². The summed E-state index contributed by atoms with van der Waals surface area (Å²) in [5.41, 5.74) is 7.53. The normalized spacial score (nSPS) is 9.93. The van der Waals surface area contributed by atoms with Crippen molar-refractivity contribution in [1.82, 2.24) is 5.06 Å². The number of hydrogen-bond donors (Lipinski definition) is 1. The van der Waals surface area contributed by atoms with Crippen LogP contribution < -0.4 is 5.73 Å². The third-order valence-electron chi connectivity index (χ3n) is 2.08. The molecule has 0 unspecified atom stereocenters. The van der Waals surface area contributed by atoms with Crippen LogP contribution in [0.4, 0.5) is 5.69 Å². The molecule has 0 saturated carbocycles. The monoisotopic (exact) mass is 194 g/mol. The lowest BCUT2D eigenvalue weighted by Gasteiger charge is -2.16. The van der Waals surface area contributed by atoms with Gasteiger partial charge in [-0.05, 0) is 18.6 Å². The SMILES string of the molecule is CON(C)C(=O)c1c(C)cccc1N. The van der Waals surface area contributed by atoms with Crippen LogP contribution in [0.15, 0.2) is 18.2 Å². The molecule has 0 aliphatic rings. The topological polar surface area (TPSA) is 55.6 Å². The van der Waals surface area contributed by atoms with Crippen molar-refractivity contribution >= 4 is 11.6 Å². The molecule has 0 bridgehead atoms. The fourth-order valence-electron chi connectivity index (χ4n) is 1.22. The Hall–Kier alpha value is -1.55. The molecule has 0 aliphatic heterocycles. The Labute approximate surface area is 83.2 Å². The first-order valence-electron chi connectivity index (χ1n) is 4.25. The number of nitrogens with zero attached hydrogens (tertiary/aromatic N) is 1. The van der Waals surface area contributed by atoms with Gasteiger partial charge in [-0.2, -0.15) is 0 Å². The summed E-state index contributed by atoms with van der Waals surface area (Å²) in [4.78, 5) is 16.5. The summed E-state index contributed by atoms with van der Waals surface area (Å²) < 4.78 is 0. The number of hydrogen-bond acceptors (Lipinski definition) is 3. The van der Waals surface area contributed by atoms with Crippen LogP contribution in [0.2, 0.25) is 0 Å². The quantitative estimate of drug-likeness (QED) is 0.568. The number of carbonyl (C=O) groups excluding carboxylic acids is 1. The molecule has 1 aromatic carbocycles. The highest BCUT2D eigenvalue weighted by Gasteiger charge is 2.16. The fraction of sp³-hybridized carbons (Fsp3) is 0.300. The van der Waals surface area contributed by atoms with Crippen LogP contribution in [0.5, 0.6) is 0 Å². The summed E-state index contributed by atoms with van der Waals surface area (Å²) in [6, 6.07) is 5.35. The Morgan fingerprint density at radius 2 is 2.14 bits per heavy atom. The van der Waals surface area contributed by atoms with Crippen molar-refractivity contribution in [3.63, 3.8) is 0 Å². The molecule has 14 heavy (non-hydrogen) atoms. The molecular formula is C10H14N2O2. The number of rotatable bonds is 2. The molecule has 0 atom stereocenters. The minimum absolute atomic E-state index is 0.233. The van der Waals surface area contributed by atoms with Gasteiger partial charge in [-0.3, -0.25) is 9.63 Å². The van der Waals surface area contributed by atoms with Gasteiger partial charge in [0.25, 0.3) is 5.91 Å². The van der Waals surface area contributed by atoms with E-state index in [9.17, 15) is 4.79 Å². The largest absolute Gasteiger partial charge is 0.398 e. The summed E-state index contributed by atoms with van der Waals surface area (Å²) in [7, 11) is 2.99. The van der Waals surface area contributed by atoms with Gasteiger partial charge in [-0.15, -0.1) is 0 Å². The van der Waals surface area contributed by atoms with E-state index in [1.165, 1.54) is 7.11 Å². The summed E-state index contributed by atoms with van der Waals surface area (Å²) in [5.74, 6) is -0.233. The van der Waals surface area contributed by atoms with Gasteiger partial charge in [0, 0.05) is 12.7 Å². The zero-order chi connectivity index (χ0) is 10.7. The number of carbonyl (C=O) groups is 1. The second-order valence-corrected chi connectivity index (χ2v) is 3.02. The molecule has 0 saturated heterocycles. The maximum Gasteiger partial charge on any atom is 0.279 e. The highest BCUT2D eigenvalue weighted by molar-refractivity contribution is 5.99. The molecule has 0 aromatic heterocycles. The van der Waals surface area contributed by atoms with Crippen LogP contribution in [0.3, 0.4) is 0 Å². The lowest BCUT2D eigenvalue weighted by molar-refractivity contribution is -0.0756. The van der Waals surface area contributed by atoms with Crippen LogP contribution in [0.25, 0.3) is 0 Å². The van der Waals surface area contributed by atoms with Crippen molar-refractivity contribution in [1.29, 1.82) is 0 Å².